The topological polar surface area (TPSA) is 86.3 Å². The predicted octanol–water partition coefficient (Wildman–Crippen LogP) is 7.59. The molecule has 45 heavy (non-hydrogen) atoms. The van der Waals surface area contributed by atoms with Crippen LogP contribution < -0.4 is 14.9 Å². The lowest BCUT2D eigenvalue weighted by atomic mass is 9.96. The molecule has 2 atom stereocenters. The quantitative estimate of drug-likeness (QED) is 0.200. The Bertz CT molecular complexity index is 1910. The summed E-state index contributed by atoms with van der Waals surface area (Å²) in [6, 6.07) is 19.1. The summed E-state index contributed by atoms with van der Waals surface area (Å²) in [5, 5.41) is 9.54. The zero-order valence-electron chi connectivity index (χ0n) is 25.0. The summed E-state index contributed by atoms with van der Waals surface area (Å²) in [5.41, 5.74) is 6.95. The second-order valence-electron chi connectivity index (χ2n) is 11.3. The number of halogens is 3. The Labute approximate surface area is 261 Å². The molecule has 2 unspecified atom stereocenters. The summed E-state index contributed by atoms with van der Waals surface area (Å²) in [6.07, 6.45) is -2.43. The molecule has 3 aromatic carbocycles. The van der Waals surface area contributed by atoms with Gasteiger partial charge in [0.1, 0.15) is 12.1 Å². The lowest BCUT2D eigenvalue weighted by molar-refractivity contribution is -0.274. The van der Waals surface area contributed by atoms with Crippen LogP contribution >= 0.6 is 11.3 Å². The Hall–Kier alpha value is -4.71. The van der Waals surface area contributed by atoms with E-state index >= 15 is 0 Å². The normalized spacial score (nSPS) is 16.7. The molecule has 1 aliphatic rings. The van der Waals surface area contributed by atoms with E-state index in [9.17, 15) is 18.0 Å². The average molecular weight is 633 g/mol. The first-order valence-electron chi connectivity index (χ1n) is 14.5. The van der Waals surface area contributed by atoms with Gasteiger partial charge < -0.3 is 10.1 Å². The van der Waals surface area contributed by atoms with E-state index in [2.05, 4.69) is 62.6 Å². The van der Waals surface area contributed by atoms with Crippen molar-refractivity contribution in [2.45, 2.75) is 58.4 Å². The van der Waals surface area contributed by atoms with E-state index in [1.165, 1.54) is 57.7 Å². The Balaban J connectivity index is 1.11. The molecule has 8 nitrogen and oxygen atoms in total. The Morgan fingerprint density at radius 3 is 2.49 bits per heavy atom. The van der Waals surface area contributed by atoms with Crippen molar-refractivity contribution in [3.8, 4) is 28.5 Å². The van der Waals surface area contributed by atoms with Gasteiger partial charge in [-0.1, -0.05) is 50.2 Å². The van der Waals surface area contributed by atoms with Crippen LogP contribution in [0.15, 0.2) is 83.4 Å². The fourth-order valence-electron chi connectivity index (χ4n) is 5.58. The predicted molar refractivity (Wildman–Crippen MR) is 166 cm³/mol. The van der Waals surface area contributed by atoms with Crippen LogP contribution in [-0.2, 0) is 0 Å². The molecule has 0 saturated heterocycles. The van der Waals surface area contributed by atoms with E-state index in [0.717, 1.165) is 28.9 Å². The van der Waals surface area contributed by atoms with Gasteiger partial charge in [-0.2, -0.15) is 4.99 Å². The molecule has 2 amide bonds. The number of nitrogens with zero attached hydrogens (tertiary/aromatic N) is 5. The van der Waals surface area contributed by atoms with Crippen LogP contribution in [0.25, 0.3) is 22.8 Å². The van der Waals surface area contributed by atoms with Gasteiger partial charge >= 0.3 is 12.4 Å². The molecule has 0 spiro atoms. The number of hydrogen-bond acceptors (Lipinski definition) is 5. The number of amides is 2. The first kappa shape index (κ1) is 30.3. The number of nitrogens with one attached hydrogen (secondary N) is 1. The zero-order valence-corrected chi connectivity index (χ0v) is 25.9. The van der Waals surface area contributed by atoms with E-state index in [1.807, 2.05) is 42.6 Å². The van der Waals surface area contributed by atoms with Crippen molar-refractivity contribution >= 4 is 17.4 Å². The number of ether oxygens (including phenoxy) is 1. The summed E-state index contributed by atoms with van der Waals surface area (Å²) in [5.74, 6) is 0.675. The third kappa shape index (κ3) is 6.70. The van der Waals surface area contributed by atoms with Gasteiger partial charge in [-0.25, -0.2) is 14.5 Å². The number of hydrogen-bond donors (Lipinski definition) is 1. The number of rotatable bonds is 7. The van der Waals surface area contributed by atoms with E-state index in [-0.39, 0.29) is 23.7 Å². The van der Waals surface area contributed by atoms with Crippen molar-refractivity contribution < 1.29 is 22.7 Å². The van der Waals surface area contributed by atoms with Crippen LogP contribution in [-0.4, -0.2) is 37.8 Å². The van der Waals surface area contributed by atoms with Crippen LogP contribution in [0.4, 0.5) is 18.0 Å². The molecule has 1 N–H and O–H groups in total. The Morgan fingerprint density at radius 2 is 1.80 bits per heavy atom. The van der Waals surface area contributed by atoms with Crippen LogP contribution in [0.3, 0.4) is 0 Å². The van der Waals surface area contributed by atoms with Crippen molar-refractivity contribution in [3.05, 3.63) is 106 Å². The number of urea groups is 1. The second-order valence-corrected chi connectivity index (χ2v) is 12.2. The minimum Gasteiger partial charge on any atom is -0.406 e. The maximum absolute atomic E-state index is 13.0. The molecule has 6 rings (SSSR count). The van der Waals surface area contributed by atoms with Gasteiger partial charge in [-0.05, 0) is 73.2 Å². The highest BCUT2D eigenvalue weighted by Crippen LogP contribution is 2.41. The van der Waals surface area contributed by atoms with Crippen LogP contribution in [0.2, 0.25) is 0 Å². The van der Waals surface area contributed by atoms with Gasteiger partial charge in [0, 0.05) is 28.6 Å². The van der Waals surface area contributed by atoms with E-state index < -0.39 is 6.36 Å². The first-order valence-corrected chi connectivity index (χ1v) is 15.4. The molecule has 1 saturated carbocycles. The van der Waals surface area contributed by atoms with Crippen LogP contribution in [0.1, 0.15) is 54.5 Å². The minimum atomic E-state index is -4.75. The Morgan fingerprint density at radius 1 is 1.07 bits per heavy atom. The summed E-state index contributed by atoms with van der Waals surface area (Å²) in [7, 11) is 0. The largest absolute Gasteiger partial charge is 0.573 e. The smallest absolute Gasteiger partial charge is 0.406 e. The molecule has 1 fully saturated rings. The highest BCUT2D eigenvalue weighted by Gasteiger charge is 2.39. The monoisotopic (exact) mass is 632 g/mol. The van der Waals surface area contributed by atoms with Gasteiger partial charge in [0.2, 0.25) is 0 Å². The fraction of sp³-hybridized carbons (Fsp3) is 0.273. The minimum absolute atomic E-state index is 0.00608. The van der Waals surface area contributed by atoms with Gasteiger partial charge in [-0.15, -0.1) is 29.6 Å². The molecule has 1 aliphatic carbocycles. The van der Waals surface area contributed by atoms with Crippen LogP contribution in [0.5, 0.6) is 5.75 Å². The average Bonchev–Trinajstić information content (AvgIpc) is 3.38. The molecular formula is C33H31F3N6O2S. The Kier molecular flexibility index (Phi) is 8.08. The molecule has 232 valence electrons. The van der Waals surface area contributed by atoms with Crippen molar-refractivity contribution in [2.24, 2.45) is 4.99 Å². The maximum atomic E-state index is 13.0. The third-order valence-corrected chi connectivity index (χ3v) is 8.66. The maximum Gasteiger partial charge on any atom is 0.573 e. The molecule has 0 aliphatic heterocycles. The zero-order chi connectivity index (χ0) is 31.9. The van der Waals surface area contributed by atoms with Crippen LogP contribution in [0, 0.1) is 13.8 Å². The number of alkyl halides is 3. The van der Waals surface area contributed by atoms with Gasteiger partial charge in [-0.3, -0.25) is 4.57 Å². The fourth-order valence-corrected chi connectivity index (χ4v) is 6.44. The molecule has 12 heteroatoms. The van der Waals surface area contributed by atoms with E-state index in [1.54, 1.807) is 0 Å². The van der Waals surface area contributed by atoms with Crippen molar-refractivity contribution in [1.82, 2.24) is 24.6 Å². The number of carbonyl (C=O) groups excluding carboxylic acids is 1. The summed E-state index contributed by atoms with van der Waals surface area (Å²) in [4.78, 5) is 22.4. The molecule has 0 radical (unpaired) electrons. The number of thiazole rings is 1. The van der Waals surface area contributed by atoms with E-state index in [0.29, 0.717) is 22.2 Å². The molecule has 2 aromatic heterocycles. The summed E-state index contributed by atoms with van der Waals surface area (Å²) < 4.78 is 44.8. The molecular weight excluding hydrogens is 601 g/mol. The highest BCUT2D eigenvalue weighted by atomic mass is 32.1. The third-order valence-electron chi connectivity index (χ3n) is 7.72. The molecule has 0 bridgehead atoms. The van der Waals surface area contributed by atoms with Gasteiger partial charge in [0.25, 0.3) is 0 Å². The summed E-state index contributed by atoms with van der Waals surface area (Å²) in [6.45, 7) is 8.47. The van der Waals surface area contributed by atoms with E-state index in [4.69, 9.17) is 0 Å². The number of aryl methyl sites for hydroxylation is 2. The lowest BCUT2D eigenvalue weighted by Crippen LogP contribution is -2.27. The first-order chi connectivity index (χ1) is 21.5. The number of benzene rings is 3. The lowest BCUT2D eigenvalue weighted by Gasteiger charge is -2.17. The standard InChI is InChI=1S/C33H31F3N6O2S/c1-19(2)29-20(3)6-5-7-28(29)42-21(4)17-45-32(42)39-31(43)38-27-16-26(27)22-8-10-23(11-9-22)30-37-18-41(40-30)24-12-14-25(15-13-24)44-33(34,35)36/h5-15,17-19,26-27H,16H2,1-4H3,(H,38,43)/b39-32-. The number of aromatic nitrogens is 4. The van der Waals surface area contributed by atoms with Gasteiger partial charge in [0.05, 0.1) is 11.4 Å². The van der Waals surface area contributed by atoms with Gasteiger partial charge in [0.15, 0.2) is 10.6 Å². The summed E-state index contributed by atoms with van der Waals surface area (Å²) >= 11 is 1.45. The highest BCUT2D eigenvalue weighted by molar-refractivity contribution is 7.07. The van der Waals surface area contributed by atoms with Crippen molar-refractivity contribution in [2.75, 3.05) is 0 Å². The van der Waals surface area contributed by atoms with Crippen molar-refractivity contribution in [1.29, 1.82) is 0 Å². The van der Waals surface area contributed by atoms with Crippen molar-refractivity contribution in [3.63, 3.8) is 0 Å². The SMILES string of the molecule is Cc1cccc(-n2c(C)cs/c2=N\C(=O)NC2CC2c2ccc(-c3ncn(-c4ccc(OC(F)(F)F)cc4)n3)cc2)c1C(C)C. The molecule has 5 aromatic rings. The second kappa shape index (κ2) is 12.0. The molecule has 2 heterocycles. The number of carbonyl (C=O) groups is 1.